The number of amides is 1. The van der Waals surface area contributed by atoms with Crippen LogP contribution in [0.4, 0.5) is 15.8 Å². The summed E-state index contributed by atoms with van der Waals surface area (Å²) in [5.41, 5.74) is -0.251. The summed E-state index contributed by atoms with van der Waals surface area (Å²) in [6, 6.07) is 7.64. The molecular weight excluding hydrogens is 395 g/mol. The van der Waals surface area contributed by atoms with E-state index in [1.165, 1.54) is 38.3 Å². The minimum atomic E-state index is -1.25. The van der Waals surface area contributed by atoms with Crippen LogP contribution in [0.15, 0.2) is 36.4 Å². The van der Waals surface area contributed by atoms with Crippen LogP contribution < -0.4 is 10.1 Å². The number of nitro groups is 1. The van der Waals surface area contributed by atoms with Gasteiger partial charge in [-0.1, -0.05) is 17.7 Å². The fourth-order valence-corrected chi connectivity index (χ4v) is 2.51. The number of esters is 1. The fourth-order valence-electron chi connectivity index (χ4n) is 2.28. The van der Waals surface area contributed by atoms with Crippen molar-refractivity contribution in [2.24, 2.45) is 0 Å². The van der Waals surface area contributed by atoms with Crippen LogP contribution in [0.5, 0.6) is 5.75 Å². The summed E-state index contributed by atoms with van der Waals surface area (Å²) in [7, 11) is 1.33. The SMILES string of the molecule is COc1ccc([N+](=O)[O-])cc1NC(=O)[C@@H](C)OC(=O)Cc1c(F)cccc1Cl. The number of ether oxygens (including phenoxy) is 2. The number of methoxy groups -OCH3 is 1. The third-order valence-corrected chi connectivity index (χ3v) is 4.07. The highest BCUT2D eigenvalue weighted by atomic mass is 35.5. The van der Waals surface area contributed by atoms with Gasteiger partial charge in [0, 0.05) is 22.7 Å². The van der Waals surface area contributed by atoms with Crippen molar-refractivity contribution >= 4 is 34.9 Å². The summed E-state index contributed by atoms with van der Waals surface area (Å²) in [5, 5.41) is 13.4. The average Bonchev–Trinajstić information content (AvgIpc) is 2.64. The van der Waals surface area contributed by atoms with Gasteiger partial charge in [-0.05, 0) is 25.1 Å². The fraction of sp³-hybridized carbons (Fsp3) is 0.222. The number of carbonyl (C=O) groups excluding carboxylic acids is 2. The lowest BCUT2D eigenvalue weighted by Crippen LogP contribution is -2.30. The molecule has 0 aromatic heterocycles. The summed E-state index contributed by atoms with van der Waals surface area (Å²) in [4.78, 5) is 34.5. The molecule has 0 aliphatic carbocycles. The molecule has 0 heterocycles. The molecule has 0 saturated heterocycles. The third kappa shape index (κ3) is 5.17. The van der Waals surface area contributed by atoms with Crippen molar-refractivity contribution < 1.29 is 28.4 Å². The van der Waals surface area contributed by atoms with Crippen molar-refractivity contribution in [2.75, 3.05) is 12.4 Å². The molecule has 2 aromatic rings. The van der Waals surface area contributed by atoms with Gasteiger partial charge >= 0.3 is 5.97 Å². The van der Waals surface area contributed by atoms with Crippen molar-refractivity contribution in [3.63, 3.8) is 0 Å². The molecule has 0 aliphatic rings. The molecule has 1 atom stereocenters. The van der Waals surface area contributed by atoms with Crippen LogP contribution in [0.1, 0.15) is 12.5 Å². The van der Waals surface area contributed by atoms with Gasteiger partial charge in [-0.2, -0.15) is 0 Å². The van der Waals surface area contributed by atoms with Crippen LogP contribution in [0.3, 0.4) is 0 Å². The standard InChI is InChI=1S/C18H16ClFN2O6/c1-10(28-17(23)9-12-13(19)4-3-5-14(12)20)18(24)21-15-8-11(22(25)26)6-7-16(15)27-2/h3-8,10H,9H2,1-2H3,(H,21,24)/t10-/m1/s1. The van der Waals surface area contributed by atoms with Gasteiger partial charge in [0.2, 0.25) is 0 Å². The van der Waals surface area contributed by atoms with E-state index in [0.29, 0.717) is 0 Å². The van der Waals surface area contributed by atoms with Gasteiger partial charge < -0.3 is 14.8 Å². The molecule has 0 spiro atoms. The number of nitrogens with zero attached hydrogens (tertiary/aromatic N) is 1. The second-order valence-corrected chi connectivity index (χ2v) is 6.05. The second kappa shape index (κ2) is 9.14. The van der Waals surface area contributed by atoms with Crippen LogP contribution in [-0.4, -0.2) is 30.0 Å². The van der Waals surface area contributed by atoms with E-state index in [2.05, 4.69) is 5.32 Å². The maximum Gasteiger partial charge on any atom is 0.311 e. The number of nitro benzene ring substituents is 1. The van der Waals surface area contributed by atoms with E-state index in [1.807, 2.05) is 0 Å². The molecule has 0 aliphatic heterocycles. The van der Waals surface area contributed by atoms with E-state index in [1.54, 1.807) is 0 Å². The lowest BCUT2D eigenvalue weighted by molar-refractivity contribution is -0.384. The normalized spacial score (nSPS) is 11.4. The smallest absolute Gasteiger partial charge is 0.311 e. The highest BCUT2D eigenvalue weighted by Gasteiger charge is 2.22. The molecule has 2 rings (SSSR count). The maximum absolute atomic E-state index is 13.7. The zero-order valence-electron chi connectivity index (χ0n) is 14.9. The van der Waals surface area contributed by atoms with Gasteiger partial charge in [-0.15, -0.1) is 0 Å². The van der Waals surface area contributed by atoms with Gasteiger partial charge in [-0.3, -0.25) is 19.7 Å². The van der Waals surface area contributed by atoms with Gasteiger partial charge in [0.15, 0.2) is 6.10 Å². The Hall–Kier alpha value is -3.20. The van der Waals surface area contributed by atoms with Crippen LogP contribution in [-0.2, 0) is 20.7 Å². The lowest BCUT2D eigenvalue weighted by Gasteiger charge is -2.15. The predicted molar refractivity (Wildman–Crippen MR) is 98.9 cm³/mol. The molecule has 1 N–H and O–H groups in total. The van der Waals surface area contributed by atoms with E-state index in [4.69, 9.17) is 21.1 Å². The van der Waals surface area contributed by atoms with Crippen LogP contribution >= 0.6 is 11.6 Å². The Morgan fingerprint density at radius 1 is 1.32 bits per heavy atom. The maximum atomic E-state index is 13.7. The Morgan fingerprint density at radius 3 is 2.64 bits per heavy atom. The van der Waals surface area contributed by atoms with Crippen LogP contribution in [0, 0.1) is 15.9 Å². The number of nitrogens with one attached hydrogen (secondary N) is 1. The number of hydrogen-bond donors (Lipinski definition) is 1. The van der Waals surface area contributed by atoms with Crippen LogP contribution in [0.25, 0.3) is 0 Å². The van der Waals surface area contributed by atoms with E-state index in [0.717, 1.165) is 12.1 Å². The monoisotopic (exact) mass is 410 g/mol. The topological polar surface area (TPSA) is 108 Å². The molecule has 10 heteroatoms. The third-order valence-electron chi connectivity index (χ3n) is 3.71. The quantitative estimate of drug-likeness (QED) is 0.425. The number of carbonyl (C=O) groups is 2. The first-order chi connectivity index (χ1) is 13.2. The highest BCUT2D eigenvalue weighted by Crippen LogP contribution is 2.29. The molecule has 8 nitrogen and oxygen atoms in total. The Kier molecular flexibility index (Phi) is 6.89. The lowest BCUT2D eigenvalue weighted by atomic mass is 10.1. The van der Waals surface area contributed by atoms with Crippen molar-refractivity contribution in [2.45, 2.75) is 19.4 Å². The number of anilines is 1. The van der Waals surface area contributed by atoms with Gasteiger partial charge in [0.1, 0.15) is 11.6 Å². The van der Waals surface area contributed by atoms with Gasteiger partial charge in [0.05, 0.1) is 24.1 Å². The van der Waals surface area contributed by atoms with Crippen molar-refractivity contribution in [3.05, 3.63) is 62.9 Å². The van der Waals surface area contributed by atoms with Crippen molar-refractivity contribution in [1.82, 2.24) is 0 Å². The first kappa shape index (κ1) is 21.1. The zero-order valence-corrected chi connectivity index (χ0v) is 15.7. The van der Waals surface area contributed by atoms with Gasteiger partial charge in [0.25, 0.3) is 11.6 Å². The summed E-state index contributed by atoms with van der Waals surface area (Å²) >= 11 is 5.86. The van der Waals surface area contributed by atoms with Crippen LogP contribution in [0.2, 0.25) is 5.02 Å². The molecule has 0 unspecified atom stereocenters. The Bertz CT molecular complexity index is 901. The number of non-ortho nitro benzene ring substituents is 1. The minimum absolute atomic E-state index is 0.0397. The summed E-state index contributed by atoms with van der Waals surface area (Å²) in [6.45, 7) is 1.31. The van der Waals surface area contributed by atoms with E-state index in [-0.39, 0.29) is 27.7 Å². The van der Waals surface area contributed by atoms with E-state index >= 15 is 0 Å². The van der Waals surface area contributed by atoms with Gasteiger partial charge in [-0.25, -0.2) is 4.39 Å². The summed E-state index contributed by atoms with van der Waals surface area (Å²) in [6.07, 6.45) is -1.70. The Balaban J connectivity index is 2.06. The Labute approximate surface area is 164 Å². The summed E-state index contributed by atoms with van der Waals surface area (Å²) < 4.78 is 23.8. The molecule has 2 aromatic carbocycles. The van der Waals surface area contributed by atoms with E-state index in [9.17, 15) is 24.1 Å². The molecule has 1 amide bonds. The van der Waals surface area contributed by atoms with Crippen molar-refractivity contribution in [1.29, 1.82) is 0 Å². The molecule has 0 bridgehead atoms. The average molecular weight is 411 g/mol. The van der Waals surface area contributed by atoms with E-state index < -0.39 is 35.1 Å². The molecule has 0 fully saturated rings. The molecule has 148 valence electrons. The number of benzene rings is 2. The molecule has 28 heavy (non-hydrogen) atoms. The highest BCUT2D eigenvalue weighted by molar-refractivity contribution is 6.31. The molecule has 0 radical (unpaired) electrons. The number of halogens is 2. The first-order valence-corrected chi connectivity index (χ1v) is 8.36. The van der Waals surface area contributed by atoms with Crippen molar-refractivity contribution in [3.8, 4) is 5.75 Å². The minimum Gasteiger partial charge on any atom is -0.495 e. The largest absolute Gasteiger partial charge is 0.495 e. The molecule has 0 saturated carbocycles. The Morgan fingerprint density at radius 2 is 2.04 bits per heavy atom. The zero-order chi connectivity index (χ0) is 20.8. The molecular formula is C18H16ClFN2O6. The number of hydrogen-bond acceptors (Lipinski definition) is 6. The first-order valence-electron chi connectivity index (χ1n) is 7.98. The predicted octanol–water partition coefficient (Wildman–Crippen LogP) is 3.51. The summed E-state index contributed by atoms with van der Waals surface area (Å²) in [5.74, 6) is -2.08. The number of rotatable bonds is 7. The second-order valence-electron chi connectivity index (χ2n) is 5.64.